The second kappa shape index (κ2) is 8.30. The van der Waals surface area contributed by atoms with Gasteiger partial charge in [0, 0.05) is 28.4 Å². The van der Waals surface area contributed by atoms with Crippen molar-refractivity contribution in [3.8, 4) is 0 Å². The smallest absolute Gasteiger partial charge is 0.366 e. The Morgan fingerprint density at radius 3 is 2.44 bits per heavy atom. The molecule has 0 unspecified atom stereocenters. The van der Waals surface area contributed by atoms with Crippen LogP contribution >= 0.6 is 0 Å². The van der Waals surface area contributed by atoms with Crippen LogP contribution in [0.2, 0.25) is 0 Å². The van der Waals surface area contributed by atoms with Crippen LogP contribution in [0.25, 0.3) is 21.8 Å². The van der Waals surface area contributed by atoms with Gasteiger partial charge in [0.05, 0.1) is 11.1 Å². The second-order valence-electron chi connectivity index (χ2n) is 7.92. The average Bonchev–Trinajstić information content (AvgIpc) is 3.05. The van der Waals surface area contributed by atoms with Crippen molar-refractivity contribution in [1.29, 1.82) is 0 Å². The summed E-state index contributed by atoms with van der Waals surface area (Å²) >= 11 is 0. The summed E-state index contributed by atoms with van der Waals surface area (Å²) in [5.74, 6) is -1.88. The molecule has 3 aromatic carbocycles. The highest BCUT2D eigenvalue weighted by Crippen LogP contribution is 2.35. The number of alkyl halides is 3. The summed E-state index contributed by atoms with van der Waals surface area (Å²) in [7, 11) is 0. The van der Waals surface area contributed by atoms with E-state index in [1.807, 2.05) is 28.8 Å². The first kappa shape index (κ1) is 21.9. The molecule has 0 spiro atoms. The van der Waals surface area contributed by atoms with Gasteiger partial charge in [-0.15, -0.1) is 0 Å². The minimum absolute atomic E-state index is 0.0861. The van der Waals surface area contributed by atoms with Crippen LogP contribution in [0.1, 0.15) is 46.8 Å². The molecule has 0 aliphatic rings. The lowest BCUT2D eigenvalue weighted by molar-refractivity contribution is -0.140. The maximum atomic E-state index is 13.8. The summed E-state index contributed by atoms with van der Waals surface area (Å²) in [4.78, 5) is 12.1. The third kappa shape index (κ3) is 3.95. The monoisotopic (exact) mass is 442 g/mol. The number of primary amides is 1. The molecule has 0 bridgehead atoms. The molecule has 0 aliphatic carbocycles. The number of nitrogens with two attached hydrogens (primary N) is 1. The highest BCUT2D eigenvalue weighted by molar-refractivity contribution is 6.18. The molecule has 1 aromatic heterocycles. The highest BCUT2D eigenvalue weighted by Gasteiger charge is 2.34. The molecular weight excluding hydrogens is 420 g/mol. The van der Waals surface area contributed by atoms with Crippen LogP contribution < -0.4 is 5.73 Å². The largest absolute Gasteiger partial charge is 0.419 e. The van der Waals surface area contributed by atoms with Gasteiger partial charge >= 0.3 is 6.18 Å². The number of rotatable bonds is 6. The predicted octanol–water partition coefficient (Wildman–Crippen LogP) is 6.44. The second-order valence-corrected chi connectivity index (χ2v) is 7.92. The summed E-state index contributed by atoms with van der Waals surface area (Å²) in [6.07, 6.45) is -1.88. The number of carbonyl (C=O) groups is 1. The van der Waals surface area contributed by atoms with E-state index >= 15 is 0 Å². The Balaban J connectivity index is 1.94. The number of benzene rings is 3. The summed E-state index contributed by atoms with van der Waals surface area (Å²) in [5.41, 5.74) is 7.53. The van der Waals surface area contributed by atoms with Crippen LogP contribution in [-0.2, 0) is 19.1 Å². The first-order chi connectivity index (χ1) is 15.2. The molecule has 0 fully saturated rings. The average molecular weight is 442 g/mol. The minimum atomic E-state index is -4.78. The summed E-state index contributed by atoms with van der Waals surface area (Å²) in [6.45, 7) is 2.18. The van der Waals surface area contributed by atoms with E-state index in [-0.39, 0.29) is 6.54 Å². The van der Waals surface area contributed by atoms with Gasteiger partial charge in [0.15, 0.2) is 0 Å². The van der Waals surface area contributed by atoms with Crippen molar-refractivity contribution < 1.29 is 22.4 Å². The Morgan fingerprint density at radius 1 is 1.00 bits per heavy atom. The van der Waals surface area contributed by atoms with Crippen molar-refractivity contribution in [2.24, 2.45) is 5.73 Å². The summed E-state index contributed by atoms with van der Waals surface area (Å²) in [6, 6.07) is 14.1. The van der Waals surface area contributed by atoms with Crippen molar-refractivity contribution in [3.63, 3.8) is 0 Å². The molecule has 0 saturated carbocycles. The molecule has 0 radical (unpaired) electrons. The number of aromatic nitrogens is 1. The van der Waals surface area contributed by atoms with Gasteiger partial charge in [-0.25, -0.2) is 4.39 Å². The number of hydrogen-bond donors (Lipinski definition) is 1. The van der Waals surface area contributed by atoms with Gasteiger partial charge in [0.2, 0.25) is 5.91 Å². The van der Waals surface area contributed by atoms with Crippen LogP contribution in [0.3, 0.4) is 0 Å². The number of unbranched alkanes of at least 4 members (excludes halogenated alkanes) is 1. The zero-order valence-electron chi connectivity index (χ0n) is 17.5. The lowest BCUT2D eigenvalue weighted by Gasteiger charge is -2.13. The van der Waals surface area contributed by atoms with Crippen molar-refractivity contribution in [2.45, 2.75) is 38.9 Å². The van der Waals surface area contributed by atoms with Gasteiger partial charge in [0.1, 0.15) is 5.82 Å². The SMILES string of the molecule is CCCCc1ccc2c3c(C(N)=O)cccc3n(Cc3ccc(F)c(C(F)(F)F)c3)c2c1. The summed E-state index contributed by atoms with van der Waals surface area (Å²) < 4.78 is 55.3. The number of carbonyl (C=O) groups excluding carboxylic acids is 1. The number of aryl methyl sites for hydroxylation is 1. The number of fused-ring (bicyclic) bond motifs is 3. The van der Waals surface area contributed by atoms with E-state index in [1.54, 1.807) is 12.1 Å². The van der Waals surface area contributed by atoms with E-state index < -0.39 is 23.5 Å². The molecule has 2 N–H and O–H groups in total. The molecule has 0 saturated heterocycles. The molecular formula is C25H22F4N2O. The van der Waals surface area contributed by atoms with Crippen molar-refractivity contribution in [1.82, 2.24) is 4.57 Å². The van der Waals surface area contributed by atoms with E-state index in [0.29, 0.717) is 22.0 Å². The first-order valence-corrected chi connectivity index (χ1v) is 10.4. The molecule has 32 heavy (non-hydrogen) atoms. The predicted molar refractivity (Wildman–Crippen MR) is 117 cm³/mol. The minimum Gasteiger partial charge on any atom is -0.366 e. The summed E-state index contributed by atoms with van der Waals surface area (Å²) in [5, 5.41) is 1.46. The topological polar surface area (TPSA) is 48.0 Å². The lowest BCUT2D eigenvalue weighted by Crippen LogP contribution is -2.11. The van der Waals surface area contributed by atoms with Crippen molar-refractivity contribution in [2.75, 3.05) is 0 Å². The third-order valence-electron chi connectivity index (χ3n) is 5.72. The van der Waals surface area contributed by atoms with E-state index in [9.17, 15) is 22.4 Å². The maximum Gasteiger partial charge on any atom is 0.419 e. The van der Waals surface area contributed by atoms with Crippen LogP contribution in [0.4, 0.5) is 17.6 Å². The van der Waals surface area contributed by atoms with Crippen molar-refractivity contribution >= 4 is 27.7 Å². The number of hydrogen-bond acceptors (Lipinski definition) is 1. The normalized spacial score (nSPS) is 12.0. The Hall–Kier alpha value is -3.35. The maximum absolute atomic E-state index is 13.8. The fourth-order valence-corrected chi connectivity index (χ4v) is 4.17. The molecule has 0 atom stereocenters. The van der Waals surface area contributed by atoms with Crippen LogP contribution in [0.5, 0.6) is 0 Å². The Labute approximate surface area is 182 Å². The van der Waals surface area contributed by atoms with Crippen LogP contribution in [0.15, 0.2) is 54.6 Å². The zero-order chi connectivity index (χ0) is 23.0. The number of amides is 1. The lowest BCUT2D eigenvalue weighted by atomic mass is 10.0. The molecule has 4 aromatic rings. The third-order valence-corrected chi connectivity index (χ3v) is 5.72. The Bertz CT molecular complexity index is 1320. The quantitative estimate of drug-likeness (QED) is 0.343. The Kier molecular flexibility index (Phi) is 5.67. The van der Waals surface area contributed by atoms with Crippen LogP contribution in [0, 0.1) is 5.82 Å². The fourth-order valence-electron chi connectivity index (χ4n) is 4.17. The zero-order valence-corrected chi connectivity index (χ0v) is 17.5. The molecule has 3 nitrogen and oxygen atoms in total. The van der Waals surface area contributed by atoms with E-state index in [2.05, 4.69) is 6.92 Å². The Morgan fingerprint density at radius 2 is 1.75 bits per heavy atom. The molecule has 1 amide bonds. The molecule has 4 rings (SSSR count). The van der Waals surface area contributed by atoms with E-state index in [0.717, 1.165) is 47.9 Å². The molecule has 1 heterocycles. The fraction of sp³-hybridized carbons (Fsp3) is 0.240. The number of halogens is 4. The molecule has 7 heteroatoms. The van der Waals surface area contributed by atoms with Crippen molar-refractivity contribution in [3.05, 3.63) is 82.7 Å². The van der Waals surface area contributed by atoms with Gasteiger partial charge in [-0.1, -0.05) is 37.6 Å². The van der Waals surface area contributed by atoms with Gasteiger partial charge < -0.3 is 10.3 Å². The van der Waals surface area contributed by atoms with Gasteiger partial charge in [-0.05, 0) is 54.3 Å². The van der Waals surface area contributed by atoms with Gasteiger partial charge in [0.25, 0.3) is 0 Å². The van der Waals surface area contributed by atoms with Gasteiger partial charge in [-0.2, -0.15) is 13.2 Å². The van der Waals surface area contributed by atoms with Crippen LogP contribution in [-0.4, -0.2) is 10.5 Å². The number of nitrogens with zero attached hydrogens (tertiary/aromatic N) is 1. The van der Waals surface area contributed by atoms with E-state index in [4.69, 9.17) is 5.73 Å². The first-order valence-electron chi connectivity index (χ1n) is 10.4. The standard InChI is InChI=1S/C25H22F4N2O/c1-2-3-5-15-8-10-17-22(13-15)31(21-7-4-6-18(23(17)21)24(30)32)14-16-9-11-20(26)19(12-16)25(27,28)29/h4,6-13H,2-3,5,14H2,1H3,(H2,30,32). The van der Waals surface area contributed by atoms with Gasteiger partial charge in [-0.3, -0.25) is 4.79 Å². The highest BCUT2D eigenvalue weighted by atomic mass is 19.4. The molecule has 0 aliphatic heterocycles. The molecule has 166 valence electrons. The van der Waals surface area contributed by atoms with E-state index in [1.165, 1.54) is 6.07 Å².